The molecule has 1 saturated heterocycles. The number of methoxy groups -OCH3 is 1. The fourth-order valence-electron chi connectivity index (χ4n) is 3.92. The number of esters is 1. The number of carbonyl (C=O) groups excluding carboxylic acids is 2. The average molecular weight is 528 g/mol. The molecule has 1 aromatic carbocycles. The molecule has 4 rings (SSSR count). The fourth-order valence-corrected chi connectivity index (χ4v) is 4.09. The number of hydrogen-bond acceptors (Lipinski definition) is 9. The highest BCUT2D eigenvalue weighted by molar-refractivity contribution is 6.30. The maximum atomic E-state index is 14.3. The van der Waals surface area contributed by atoms with Crippen molar-refractivity contribution < 1.29 is 18.7 Å². The van der Waals surface area contributed by atoms with Crippen LogP contribution in [0.2, 0.25) is 5.02 Å². The second-order valence-corrected chi connectivity index (χ2v) is 8.97. The summed E-state index contributed by atoms with van der Waals surface area (Å²) in [5.74, 6) is -0.585. The van der Waals surface area contributed by atoms with Gasteiger partial charge in [-0.15, -0.1) is 0 Å². The molecule has 37 heavy (non-hydrogen) atoms. The van der Waals surface area contributed by atoms with Crippen LogP contribution in [0.1, 0.15) is 12.1 Å². The van der Waals surface area contributed by atoms with Crippen LogP contribution < -0.4 is 16.0 Å². The molecule has 12 heteroatoms. The lowest BCUT2D eigenvalue weighted by atomic mass is 10.1. The molecule has 1 aliphatic rings. The molecule has 0 aliphatic carbocycles. The number of hydrogen-bond donors (Lipinski definition) is 3. The molecule has 0 radical (unpaired) electrons. The molecular weight excluding hydrogens is 501 g/mol. The van der Waals surface area contributed by atoms with Crippen LogP contribution in [-0.4, -0.2) is 71.3 Å². The predicted molar refractivity (Wildman–Crippen MR) is 138 cm³/mol. The summed E-state index contributed by atoms with van der Waals surface area (Å²) < 4.78 is 19.1. The van der Waals surface area contributed by atoms with Gasteiger partial charge in [0.05, 0.1) is 24.2 Å². The van der Waals surface area contributed by atoms with E-state index in [1.54, 1.807) is 31.3 Å². The van der Waals surface area contributed by atoms with Gasteiger partial charge in [0.25, 0.3) is 0 Å². The quantitative estimate of drug-likeness (QED) is 0.379. The Labute approximate surface area is 218 Å². The number of halogens is 2. The summed E-state index contributed by atoms with van der Waals surface area (Å²) in [6, 6.07) is 8.97. The van der Waals surface area contributed by atoms with Gasteiger partial charge in [-0.1, -0.05) is 11.6 Å². The van der Waals surface area contributed by atoms with Gasteiger partial charge in [0, 0.05) is 61.1 Å². The fraction of sp³-hybridized carbons (Fsp3) is 0.320. The first kappa shape index (κ1) is 26.4. The maximum absolute atomic E-state index is 14.3. The monoisotopic (exact) mass is 527 g/mol. The number of aromatic nitrogens is 3. The van der Waals surface area contributed by atoms with Crippen LogP contribution in [0.25, 0.3) is 11.3 Å². The van der Waals surface area contributed by atoms with Gasteiger partial charge < -0.3 is 20.7 Å². The summed E-state index contributed by atoms with van der Waals surface area (Å²) in [6.45, 7) is 4.14. The smallest absolute Gasteiger partial charge is 0.324 e. The van der Waals surface area contributed by atoms with Crippen LogP contribution in [0.5, 0.6) is 0 Å². The number of piperazine rings is 1. The Morgan fingerprint density at radius 1 is 1.24 bits per heavy atom. The molecule has 3 heterocycles. The van der Waals surface area contributed by atoms with Crippen molar-refractivity contribution in [1.29, 1.82) is 0 Å². The average Bonchev–Trinajstić information content (AvgIpc) is 2.90. The number of nitrogens with zero attached hydrogens (tertiary/aromatic N) is 4. The number of nitrogens with one attached hydrogen (secondary N) is 3. The molecule has 1 amide bonds. The largest absolute Gasteiger partial charge is 0.468 e. The Morgan fingerprint density at radius 2 is 2.08 bits per heavy atom. The molecular formula is C25H27ClFN7O3. The molecule has 1 unspecified atom stereocenters. The lowest BCUT2D eigenvalue weighted by Gasteiger charge is -2.31. The van der Waals surface area contributed by atoms with E-state index in [9.17, 15) is 14.0 Å². The molecule has 3 aromatic rings. The van der Waals surface area contributed by atoms with Crippen molar-refractivity contribution >= 4 is 40.7 Å². The van der Waals surface area contributed by atoms with Gasteiger partial charge in [-0.3, -0.25) is 14.5 Å². The zero-order valence-corrected chi connectivity index (χ0v) is 21.2. The number of carbonyl (C=O) groups is 2. The molecule has 0 saturated carbocycles. The van der Waals surface area contributed by atoms with E-state index in [0.29, 0.717) is 53.2 Å². The van der Waals surface area contributed by atoms with Crippen molar-refractivity contribution in [3.63, 3.8) is 0 Å². The third-order valence-electron chi connectivity index (χ3n) is 5.89. The van der Waals surface area contributed by atoms with Crippen molar-refractivity contribution in [3.8, 4) is 11.3 Å². The Bertz CT molecular complexity index is 1290. The third-order valence-corrected chi connectivity index (χ3v) is 6.12. The van der Waals surface area contributed by atoms with Gasteiger partial charge in [0.15, 0.2) is 0 Å². The molecule has 0 bridgehead atoms. The van der Waals surface area contributed by atoms with E-state index in [2.05, 4.69) is 31.1 Å². The van der Waals surface area contributed by atoms with Crippen molar-refractivity contribution in [1.82, 2.24) is 25.4 Å². The molecule has 1 fully saturated rings. The second kappa shape index (κ2) is 12.0. The minimum atomic E-state index is -0.455. The van der Waals surface area contributed by atoms with Crippen molar-refractivity contribution in [2.45, 2.75) is 19.4 Å². The first-order valence-corrected chi connectivity index (χ1v) is 12.1. The molecule has 0 spiro atoms. The van der Waals surface area contributed by atoms with Gasteiger partial charge in [-0.05, 0) is 37.3 Å². The lowest BCUT2D eigenvalue weighted by molar-refractivity contribution is -0.144. The first-order chi connectivity index (χ1) is 17.8. The molecule has 1 aliphatic heterocycles. The van der Waals surface area contributed by atoms with Gasteiger partial charge in [0.1, 0.15) is 17.7 Å². The summed E-state index contributed by atoms with van der Waals surface area (Å²) in [4.78, 5) is 30.6. The molecule has 10 nitrogen and oxygen atoms in total. The number of aryl methyl sites for hydroxylation is 1. The Kier molecular flexibility index (Phi) is 8.59. The Balaban J connectivity index is 1.38. The van der Waals surface area contributed by atoms with Crippen LogP contribution in [0, 0.1) is 12.7 Å². The van der Waals surface area contributed by atoms with E-state index in [1.165, 1.54) is 25.3 Å². The number of pyridine rings is 1. The second-order valence-electron chi connectivity index (χ2n) is 8.54. The van der Waals surface area contributed by atoms with Crippen LogP contribution in [-0.2, 0) is 14.3 Å². The van der Waals surface area contributed by atoms with E-state index in [-0.39, 0.29) is 23.9 Å². The molecule has 1 atom stereocenters. The van der Waals surface area contributed by atoms with Gasteiger partial charge in [-0.2, -0.15) is 10.2 Å². The highest BCUT2D eigenvalue weighted by atomic mass is 35.5. The van der Waals surface area contributed by atoms with E-state index >= 15 is 0 Å². The summed E-state index contributed by atoms with van der Waals surface area (Å²) in [5.41, 5.74) is 2.45. The predicted octanol–water partition coefficient (Wildman–Crippen LogP) is 3.16. The normalized spacial score (nSPS) is 15.7. The maximum Gasteiger partial charge on any atom is 0.324 e. The Hall–Kier alpha value is -3.67. The third kappa shape index (κ3) is 6.97. The SMILES string of the molecule is COC(=O)C1CN(CCC(=O)Nc2cc(Nc3cc(-c4cc(Cl)ccc4F)nnc3C)ccn2)CCN1. The van der Waals surface area contributed by atoms with Crippen molar-refractivity contribution in [2.24, 2.45) is 0 Å². The first-order valence-electron chi connectivity index (χ1n) is 11.7. The molecule has 194 valence electrons. The number of amides is 1. The minimum absolute atomic E-state index is 0.196. The van der Waals surface area contributed by atoms with Crippen molar-refractivity contribution in [2.75, 3.05) is 43.9 Å². The zero-order valence-electron chi connectivity index (χ0n) is 20.4. The number of rotatable bonds is 8. The zero-order chi connectivity index (χ0) is 26.4. The standard InChI is InChI=1S/C25H27ClFN7O3/c1-15-20(13-21(33-32-15)18-11-16(26)3-4-19(18)27)30-17-5-7-29-23(12-17)31-24(35)6-9-34-10-8-28-22(14-34)25(36)37-2/h3-5,7,11-13,22,28H,6,8-10,14H2,1-2H3,(H2,29,30,31,33,35). The topological polar surface area (TPSA) is 121 Å². The number of benzene rings is 1. The molecule has 2 aromatic heterocycles. The van der Waals surface area contributed by atoms with Crippen LogP contribution in [0.3, 0.4) is 0 Å². The summed E-state index contributed by atoms with van der Waals surface area (Å²) in [7, 11) is 1.36. The summed E-state index contributed by atoms with van der Waals surface area (Å²) >= 11 is 6.02. The van der Waals surface area contributed by atoms with Crippen molar-refractivity contribution in [3.05, 3.63) is 59.1 Å². The summed E-state index contributed by atoms with van der Waals surface area (Å²) in [6.07, 6.45) is 1.81. The Morgan fingerprint density at radius 3 is 2.89 bits per heavy atom. The van der Waals surface area contributed by atoms with Crippen LogP contribution >= 0.6 is 11.6 Å². The minimum Gasteiger partial charge on any atom is -0.468 e. The molecule has 3 N–H and O–H groups in total. The van der Waals surface area contributed by atoms with Crippen LogP contribution in [0.15, 0.2) is 42.6 Å². The lowest BCUT2D eigenvalue weighted by Crippen LogP contribution is -2.54. The number of ether oxygens (including phenoxy) is 1. The summed E-state index contributed by atoms with van der Waals surface area (Å²) in [5, 5.41) is 17.8. The van der Waals surface area contributed by atoms with Gasteiger partial charge >= 0.3 is 5.97 Å². The van der Waals surface area contributed by atoms with E-state index in [4.69, 9.17) is 16.3 Å². The van der Waals surface area contributed by atoms with E-state index in [1.807, 2.05) is 4.90 Å². The highest BCUT2D eigenvalue weighted by Gasteiger charge is 2.26. The van der Waals surface area contributed by atoms with Gasteiger partial charge in [-0.25, -0.2) is 9.37 Å². The van der Waals surface area contributed by atoms with Crippen LogP contribution in [0.4, 0.5) is 21.6 Å². The van der Waals surface area contributed by atoms with E-state index < -0.39 is 11.9 Å². The van der Waals surface area contributed by atoms with E-state index in [0.717, 1.165) is 6.54 Å². The highest BCUT2D eigenvalue weighted by Crippen LogP contribution is 2.28. The van der Waals surface area contributed by atoms with Gasteiger partial charge in [0.2, 0.25) is 5.91 Å². The number of anilines is 3.